The number of hydrogen-bond acceptors (Lipinski definition) is 1. The Bertz CT molecular complexity index is 385. The number of carbonyl (C=O) groups excluding carboxylic acids is 1. The van der Waals surface area contributed by atoms with E-state index in [0.717, 1.165) is 0 Å². The van der Waals surface area contributed by atoms with Gasteiger partial charge in [0.2, 0.25) is 0 Å². The summed E-state index contributed by atoms with van der Waals surface area (Å²) < 4.78 is 0. The van der Waals surface area contributed by atoms with Crippen LogP contribution in [-0.2, 0) is 0 Å². The largest absolute Gasteiger partial charge is 1.00 e. The van der Waals surface area contributed by atoms with Crippen molar-refractivity contribution in [2.45, 2.75) is 6.42 Å². The number of rotatable bonds is 3. The van der Waals surface area contributed by atoms with Crippen LogP contribution in [0, 0.1) is 0 Å². The van der Waals surface area contributed by atoms with Crippen LogP contribution >= 0.6 is 55.6 Å². The molecule has 0 radical (unpaired) electrons. The molecule has 82 valence electrons. The Labute approximate surface area is 129 Å². The third-order valence-electron chi connectivity index (χ3n) is 1.74. The Morgan fingerprint density at radius 3 is 1.94 bits per heavy atom. The number of benzene rings is 1. The summed E-state index contributed by atoms with van der Waals surface area (Å²) in [7, 11) is 3.21. The van der Waals surface area contributed by atoms with Crippen LogP contribution < -0.4 is 18.9 Å². The number of carbonyl (C=O) groups is 1. The zero-order chi connectivity index (χ0) is 11.6. The van der Waals surface area contributed by atoms with Crippen molar-refractivity contribution in [1.82, 2.24) is 0 Å². The predicted molar refractivity (Wildman–Crippen MR) is 68.6 cm³/mol. The van der Waals surface area contributed by atoms with Crippen LogP contribution in [0.5, 0.6) is 0 Å². The normalized spacial score (nSPS) is 9.81. The van der Waals surface area contributed by atoms with E-state index in [-0.39, 0.29) is 56.7 Å². The molecule has 0 bridgehead atoms. The number of ketones is 1. The van der Waals surface area contributed by atoms with E-state index < -0.39 is 0 Å². The van der Waals surface area contributed by atoms with E-state index in [0.29, 0.717) is 6.16 Å². The van der Waals surface area contributed by atoms with Crippen molar-refractivity contribution < 1.29 is 23.7 Å². The molecule has 0 aliphatic rings. The van der Waals surface area contributed by atoms with Crippen molar-refractivity contribution in [3.63, 3.8) is 0 Å². The van der Waals surface area contributed by atoms with Crippen molar-refractivity contribution in [2.24, 2.45) is 0 Å². The summed E-state index contributed by atoms with van der Waals surface area (Å²) in [6.07, 6.45) is 0.808. The van der Waals surface area contributed by atoms with Crippen LogP contribution in [0.15, 0.2) is 6.07 Å². The zero-order valence-electron chi connectivity index (χ0n) is 8.41. The molecule has 0 atom stereocenters. The van der Waals surface area contributed by atoms with E-state index in [9.17, 15) is 4.79 Å². The van der Waals surface area contributed by atoms with E-state index in [4.69, 9.17) is 46.4 Å². The third kappa shape index (κ3) is 3.79. The van der Waals surface area contributed by atoms with E-state index in [2.05, 4.69) is 9.24 Å². The minimum atomic E-state index is -0.190. The van der Waals surface area contributed by atoms with Gasteiger partial charge in [-0.3, -0.25) is 4.79 Å². The molecule has 0 unspecified atom stereocenters. The summed E-state index contributed by atoms with van der Waals surface area (Å²) in [5.74, 6) is -0.190. The van der Waals surface area contributed by atoms with Gasteiger partial charge in [0.05, 0.1) is 25.7 Å². The van der Waals surface area contributed by atoms with Crippen molar-refractivity contribution in [2.75, 3.05) is 6.16 Å². The van der Waals surface area contributed by atoms with Crippen LogP contribution in [-0.4, -0.2) is 11.9 Å². The summed E-state index contributed by atoms with van der Waals surface area (Å²) >= 11 is 23.4. The Kier molecular flexibility index (Phi) is 8.00. The second kappa shape index (κ2) is 7.50. The first-order valence-corrected chi connectivity index (χ1v) is 6.21. The molecule has 1 aromatic carbocycles. The molecule has 1 aromatic rings. The summed E-state index contributed by atoms with van der Waals surface area (Å²) in [5, 5.41) is 0.749. The van der Waals surface area contributed by atoms with Gasteiger partial charge in [0.1, 0.15) is 0 Å². The molecule has 16 heavy (non-hydrogen) atoms. The molecule has 0 heterocycles. The fraction of sp³-hybridized carbons (Fsp3) is 0.222. The molecule has 0 saturated heterocycles. The van der Waals surface area contributed by atoms with E-state index >= 15 is 0 Å². The molecule has 1 rings (SSSR count). The Morgan fingerprint density at radius 2 is 1.56 bits per heavy atom. The second-order valence-electron chi connectivity index (χ2n) is 2.77. The Balaban J connectivity index is 0.00000225. The smallest absolute Gasteiger partial charge is 0.558 e. The fourth-order valence-electron chi connectivity index (χ4n) is 1.06. The summed E-state index contributed by atoms with van der Waals surface area (Å²) in [6.45, 7) is 0. The monoisotopic (exact) mass is 308 g/mol. The number of hydrogen-bond donors (Lipinski definition) is 0. The minimum Gasteiger partial charge on any atom is -0.558 e. The minimum absolute atomic E-state index is 0. The van der Waals surface area contributed by atoms with Gasteiger partial charge in [-0.15, -0.1) is 0 Å². The van der Waals surface area contributed by atoms with Crippen molar-refractivity contribution in [3.05, 3.63) is 31.7 Å². The average molecular weight is 310 g/mol. The maximum atomic E-state index is 11.7. The van der Waals surface area contributed by atoms with Crippen molar-refractivity contribution in [1.29, 1.82) is 0 Å². The molecule has 0 aromatic heterocycles. The third-order valence-corrected chi connectivity index (χ3v) is 3.57. The molecule has 0 aliphatic carbocycles. The SMILES string of the molecule is O=C(CC[PH-])c1c(Cl)c(Cl)cc(Cl)c1Cl.[Li+]. The molecule has 1 nitrogen and oxygen atoms in total. The zero-order valence-corrected chi connectivity index (χ0v) is 12.4. The molecular weight excluding hydrogens is 304 g/mol. The van der Waals surface area contributed by atoms with Crippen LogP contribution in [0.4, 0.5) is 0 Å². The first-order valence-electron chi connectivity index (χ1n) is 3.99. The molecule has 0 spiro atoms. The molecule has 0 fully saturated rings. The van der Waals surface area contributed by atoms with Gasteiger partial charge >= 0.3 is 18.9 Å². The van der Waals surface area contributed by atoms with Gasteiger partial charge in [-0.25, -0.2) is 0 Å². The van der Waals surface area contributed by atoms with Gasteiger partial charge in [-0.1, -0.05) is 46.4 Å². The molecule has 7 heteroatoms. The summed E-state index contributed by atoms with van der Waals surface area (Å²) in [4.78, 5) is 11.7. The van der Waals surface area contributed by atoms with Crippen LogP contribution in [0.1, 0.15) is 16.8 Å². The molecule has 0 saturated carbocycles. The maximum absolute atomic E-state index is 11.7. The molecule has 0 aliphatic heterocycles. The van der Waals surface area contributed by atoms with Gasteiger partial charge < -0.3 is 9.24 Å². The predicted octanol–water partition coefficient (Wildman–Crippen LogP) is 2.02. The van der Waals surface area contributed by atoms with Crippen LogP contribution in [0.25, 0.3) is 0 Å². The van der Waals surface area contributed by atoms with Crippen molar-refractivity contribution >= 4 is 61.4 Å². The maximum Gasteiger partial charge on any atom is 1.00 e. The topological polar surface area (TPSA) is 17.1 Å². The average Bonchev–Trinajstić information content (AvgIpc) is 2.16. The Hall–Kier alpha value is 1.08. The van der Waals surface area contributed by atoms with Gasteiger partial charge in [-0.2, -0.15) is 6.16 Å². The van der Waals surface area contributed by atoms with E-state index in [1.165, 1.54) is 6.07 Å². The van der Waals surface area contributed by atoms with Gasteiger partial charge in [0.25, 0.3) is 0 Å². The quantitative estimate of drug-likeness (QED) is 0.361. The molecular formula is C9H6Cl4LiOP. The number of Topliss-reactive ketones (excluding diaryl/α,β-unsaturated/α-hetero) is 1. The van der Waals surface area contributed by atoms with Crippen LogP contribution in [0.3, 0.4) is 0 Å². The number of halogens is 4. The van der Waals surface area contributed by atoms with Gasteiger partial charge in [0.15, 0.2) is 5.78 Å². The van der Waals surface area contributed by atoms with Gasteiger partial charge in [-0.05, 0) is 12.5 Å². The van der Waals surface area contributed by atoms with Gasteiger partial charge in [0, 0.05) is 0 Å². The first-order chi connectivity index (χ1) is 6.99. The van der Waals surface area contributed by atoms with Crippen molar-refractivity contribution in [3.8, 4) is 0 Å². The fourth-order valence-corrected chi connectivity index (χ4v) is 2.30. The Morgan fingerprint density at radius 1 is 1.12 bits per heavy atom. The summed E-state index contributed by atoms with van der Waals surface area (Å²) in [6, 6.07) is 1.41. The van der Waals surface area contributed by atoms with Crippen LogP contribution in [0.2, 0.25) is 20.1 Å². The first kappa shape index (κ1) is 17.1. The van der Waals surface area contributed by atoms with E-state index in [1.54, 1.807) is 0 Å². The van der Waals surface area contributed by atoms with E-state index in [1.807, 2.05) is 0 Å². The molecule has 0 amide bonds. The second-order valence-corrected chi connectivity index (χ2v) is 4.84. The standard InChI is InChI=1S/C9H6Cl4OP.Li/c10-4-3-5(11)9(13)7(8(4)12)6(14)1-2-15;/h3,15H,1-2H2;/q-1;+1. The molecule has 0 N–H and O–H groups in total. The summed E-state index contributed by atoms with van der Waals surface area (Å²) in [5.41, 5.74) is 0.189.